The van der Waals surface area contributed by atoms with Crippen LogP contribution in [0.2, 0.25) is 0 Å². The Bertz CT molecular complexity index is 823. The molecule has 9 heteroatoms. The summed E-state index contributed by atoms with van der Waals surface area (Å²) in [6.45, 7) is -0.259. The van der Waals surface area contributed by atoms with Crippen LogP contribution in [-0.2, 0) is 9.63 Å². The molecule has 8 nitrogen and oxygen atoms in total. The molecule has 130 valence electrons. The van der Waals surface area contributed by atoms with Gasteiger partial charge in [0.1, 0.15) is 12.6 Å². The van der Waals surface area contributed by atoms with Crippen molar-refractivity contribution in [2.24, 2.45) is 0 Å². The SMILES string of the molecule is O=C1N[C@@H](C(=O)NCCO[N+](=O)[O-])[C@H](c2cccc3ccccc23)S1. The summed E-state index contributed by atoms with van der Waals surface area (Å²) in [7, 11) is 0. The van der Waals surface area contributed by atoms with Gasteiger partial charge in [-0.15, -0.1) is 10.1 Å². The van der Waals surface area contributed by atoms with E-state index in [1.165, 1.54) is 0 Å². The predicted molar refractivity (Wildman–Crippen MR) is 92.6 cm³/mol. The molecular weight excluding hydrogens is 346 g/mol. The number of fused-ring (bicyclic) bond motifs is 1. The minimum atomic E-state index is -0.918. The number of hydrogen-bond donors (Lipinski definition) is 2. The first-order valence-electron chi connectivity index (χ1n) is 7.56. The molecule has 0 aromatic heterocycles. The monoisotopic (exact) mass is 361 g/mol. The molecule has 2 aromatic carbocycles. The normalized spacial score (nSPS) is 19.4. The molecule has 1 aliphatic heterocycles. The minimum Gasteiger partial charge on any atom is -0.352 e. The zero-order valence-corrected chi connectivity index (χ0v) is 13.8. The van der Waals surface area contributed by atoms with Crippen LogP contribution in [0.1, 0.15) is 10.8 Å². The van der Waals surface area contributed by atoms with Gasteiger partial charge in [-0.3, -0.25) is 9.59 Å². The summed E-state index contributed by atoms with van der Waals surface area (Å²) >= 11 is 1.06. The molecule has 1 aliphatic rings. The molecule has 1 heterocycles. The van der Waals surface area contributed by atoms with Crippen LogP contribution in [0.4, 0.5) is 4.79 Å². The van der Waals surface area contributed by atoms with E-state index in [0.717, 1.165) is 28.1 Å². The number of nitrogens with zero attached hydrogens (tertiary/aromatic N) is 1. The molecule has 0 radical (unpaired) electrons. The standard InChI is InChI=1S/C16H15N3O5S/c20-15(17-8-9-24-19(22)23)13-14(25-16(21)18-13)12-7-3-5-10-4-1-2-6-11(10)12/h1-7,13-14H,8-9H2,(H,17,20)(H,18,21)/t13-,14+/m1/s1. The second kappa shape index (κ2) is 7.39. The van der Waals surface area contributed by atoms with Crippen molar-refractivity contribution < 1.29 is 19.5 Å². The summed E-state index contributed by atoms with van der Waals surface area (Å²) in [6.07, 6.45) is 0. The highest BCUT2D eigenvalue weighted by Crippen LogP contribution is 2.40. The van der Waals surface area contributed by atoms with Crippen molar-refractivity contribution in [2.45, 2.75) is 11.3 Å². The van der Waals surface area contributed by atoms with E-state index < -0.39 is 17.0 Å². The van der Waals surface area contributed by atoms with E-state index in [2.05, 4.69) is 15.5 Å². The maximum atomic E-state index is 12.4. The Morgan fingerprint density at radius 2 is 2.04 bits per heavy atom. The fourth-order valence-electron chi connectivity index (χ4n) is 2.77. The van der Waals surface area contributed by atoms with Crippen LogP contribution in [0.5, 0.6) is 0 Å². The number of amides is 2. The number of carbonyl (C=O) groups is 2. The van der Waals surface area contributed by atoms with E-state index in [1.807, 2.05) is 42.5 Å². The van der Waals surface area contributed by atoms with Gasteiger partial charge in [-0.1, -0.05) is 54.2 Å². The Balaban J connectivity index is 1.78. The molecule has 0 unspecified atom stereocenters. The predicted octanol–water partition coefficient (Wildman–Crippen LogP) is 2.03. The summed E-state index contributed by atoms with van der Waals surface area (Å²) < 4.78 is 0. The summed E-state index contributed by atoms with van der Waals surface area (Å²) in [6, 6.07) is 12.8. The lowest BCUT2D eigenvalue weighted by molar-refractivity contribution is -0.757. The maximum absolute atomic E-state index is 12.4. The molecule has 2 atom stereocenters. The van der Waals surface area contributed by atoms with Gasteiger partial charge in [-0.2, -0.15) is 0 Å². The second-order valence-electron chi connectivity index (χ2n) is 5.36. The lowest BCUT2D eigenvalue weighted by atomic mass is 9.98. The second-order valence-corrected chi connectivity index (χ2v) is 6.48. The minimum absolute atomic E-state index is 0.0148. The van der Waals surface area contributed by atoms with Crippen LogP contribution >= 0.6 is 11.8 Å². The Hall–Kier alpha value is -2.81. The molecule has 1 saturated heterocycles. The summed E-state index contributed by atoms with van der Waals surface area (Å²) in [5.41, 5.74) is 0.892. The van der Waals surface area contributed by atoms with Gasteiger partial charge in [0.05, 0.1) is 5.25 Å². The van der Waals surface area contributed by atoms with Crippen LogP contribution in [0.3, 0.4) is 0 Å². The fourth-order valence-corrected chi connectivity index (χ4v) is 3.85. The van der Waals surface area contributed by atoms with Gasteiger partial charge in [0.25, 0.3) is 10.3 Å². The first-order chi connectivity index (χ1) is 12.1. The summed E-state index contributed by atoms with van der Waals surface area (Å²) in [5, 5.41) is 15.8. The maximum Gasteiger partial charge on any atom is 0.294 e. The molecule has 25 heavy (non-hydrogen) atoms. The molecule has 0 spiro atoms. The third-order valence-corrected chi connectivity index (χ3v) is 4.93. The zero-order chi connectivity index (χ0) is 17.8. The summed E-state index contributed by atoms with van der Waals surface area (Å²) in [4.78, 5) is 38.5. The Labute approximate surface area is 147 Å². The molecule has 2 aromatic rings. The number of rotatable bonds is 6. The van der Waals surface area contributed by atoms with Crippen LogP contribution in [-0.4, -0.2) is 35.4 Å². The van der Waals surface area contributed by atoms with Gasteiger partial charge < -0.3 is 15.5 Å². The van der Waals surface area contributed by atoms with Crippen LogP contribution < -0.4 is 10.6 Å². The van der Waals surface area contributed by atoms with E-state index in [0.29, 0.717) is 0 Å². The molecular formula is C16H15N3O5S. The molecule has 2 N–H and O–H groups in total. The number of benzene rings is 2. The van der Waals surface area contributed by atoms with E-state index in [1.54, 1.807) is 0 Å². The van der Waals surface area contributed by atoms with Crippen molar-refractivity contribution in [3.05, 3.63) is 58.1 Å². The van der Waals surface area contributed by atoms with Gasteiger partial charge in [0, 0.05) is 6.54 Å². The molecule has 2 amide bonds. The quantitative estimate of drug-likeness (QED) is 0.463. The van der Waals surface area contributed by atoms with Gasteiger partial charge in [0.15, 0.2) is 0 Å². The lowest BCUT2D eigenvalue weighted by Crippen LogP contribution is -2.44. The Kier molecular flexibility index (Phi) is 5.03. The topological polar surface area (TPSA) is 111 Å². The van der Waals surface area contributed by atoms with Crippen molar-refractivity contribution in [1.29, 1.82) is 0 Å². The molecule has 0 aliphatic carbocycles. The Morgan fingerprint density at radius 1 is 1.28 bits per heavy atom. The van der Waals surface area contributed by atoms with E-state index >= 15 is 0 Å². The zero-order valence-electron chi connectivity index (χ0n) is 13.0. The van der Waals surface area contributed by atoms with Crippen LogP contribution in [0.15, 0.2) is 42.5 Å². The lowest BCUT2D eigenvalue weighted by Gasteiger charge is -2.19. The van der Waals surface area contributed by atoms with E-state index in [9.17, 15) is 19.7 Å². The average Bonchev–Trinajstić information content (AvgIpc) is 2.99. The Morgan fingerprint density at radius 3 is 2.84 bits per heavy atom. The molecule has 0 bridgehead atoms. The highest BCUT2D eigenvalue weighted by atomic mass is 32.2. The van der Waals surface area contributed by atoms with Crippen LogP contribution in [0, 0.1) is 10.1 Å². The van der Waals surface area contributed by atoms with E-state index in [-0.39, 0.29) is 23.6 Å². The molecule has 3 rings (SSSR count). The van der Waals surface area contributed by atoms with Crippen molar-refractivity contribution in [2.75, 3.05) is 13.2 Å². The van der Waals surface area contributed by atoms with Gasteiger partial charge in [0.2, 0.25) is 5.91 Å². The smallest absolute Gasteiger partial charge is 0.294 e. The molecule has 1 fully saturated rings. The third kappa shape index (κ3) is 3.82. The van der Waals surface area contributed by atoms with Gasteiger partial charge >= 0.3 is 0 Å². The van der Waals surface area contributed by atoms with Crippen molar-refractivity contribution >= 4 is 33.7 Å². The number of carbonyl (C=O) groups excluding carboxylic acids is 2. The fraction of sp³-hybridized carbons (Fsp3) is 0.250. The number of thioether (sulfide) groups is 1. The van der Waals surface area contributed by atoms with Gasteiger partial charge in [-0.25, -0.2) is 0 Å². The van der Waals surface area contributed by atoms with Gasteiger partial charge in [-0.05, 0) is 16.3 Å². The first-order valence-corrected chi connectivity index (χ1v) is 8.44. The van der Waals surface area contributed by atoms with E-state index in [4.69, 9.17) is 0 Å². The highest BCUT2D eigenvalue weighted by molar-refractivity contribution is 8.14. The summed E-state index contributed by atoms with van der Waals surface area (Å²) in [5.74, 6) is -0.400. The first kappa shape index (κ1) is 17.0. The van der Waals surface area contributed by atoms with Crippen molar-refractivity contribution in [3.63, 3.8) is 0 Å². The van der Waals surface area contributed by atoms with Crippen molar-refractivity contribution in [3.8, 4) is 0 Å². The highest BCUT2D eigenvalue weighted by Gasteiger charge is 2.39. The van der Waals surface area contributed by atoms with Crippen LogP contribution in [0.25, 0.3) is 10.8 Å². The number of nitrogens with one attached hydrogen (secondary N) is 2. The largest absolute Gasteiger partial charge is 0.352 e. The number of hydrogen-bond acceptors (Lipinski definition) is 6. The third-order valence-electron chi connectivity index (χ3n) is 3.82. The molecule has 0 saturated carbocycles. The average molecular weight is 361 g/mol. The van der Waals surface area contributed by atoms with Crippen molar-refractivity contribution in [1.82, 2.24) is 10.6 Å².